The second-order valence-corrected chi connectivity index (χ2v) is 7.88. The van der Waals surface area contributed by atoms with Crippen LogP contribution in [0.3, 0.4) is 0 Å². The topological polar surface area (TPSA) is 133 Å². The summed E-state index contributed by atoms with van der Waals surface area (Å²) in [7, 11) is 0. The molecule has 2 aromatic carbocycles. The smallest absolute Gasteiger partial charge is 0.274 e. The van der Waals surface area contributed by atoms with E-state index in [1.807, 2.05) is 31.2 Å². The quantitative estimate of drug-likeness (QED) is 0.295. The molecule has 0 fully saturated rings. The summed E-state index contributed by atoms with van der Waals surface area (Å²) in [5, 5.41) is 23.3. The van der Waals surface area contributed by atoms with Crippen LogP contribution in [0.15, 0.2) is 46.8 Å². The highest BCUT2D eigenvalue weighted by Crippen LogP contribution is 2.34. The van der Waals surface area contributed by atoms with Crippen molar-refractivity contribution in [2.45, 2.75) is 17.0 Å². The first-order valence-electron chi connectivity index (χ1n) is 8.50. The Labute approximate surface area is 174 Å². The predicted octanol–water partition coefficient (Wildman–Crippen LogP) is 3.98. The summed E-state index contributed by atoms with van der Waals surface area (Å²) in [6.07, 6.45) is 0. The van der Waals surface area contributed by atoms with Gasteiger partial charge in [0.15, 0.2) is 4.34 Å². The van der Waals surface area contributed by atoms with Gasteiger partial charge in [-0.3, -0.25) is 14.9 Å². The van der Waals surface area contributed by atoms with Crippen molar-refractivity contribution in [1.82, 2.24) is 10.2 Å². The molecule has 0 saturated heterocycles. The van der Waals surface area contributed by atoms with Gasteiger partial charge in [0, 0.05) is 22.9 Å². The van der Waals surface area contributed by atoms with Crippen LogP contribution in [-0.2, 0) is 5.75 Å². The van der Waals surface area contributed by atoms with E-state index < -0.39 is 10.8 Å². The molecule has 11 heteroatoms. The number of para-hydroxylation sites is 2. The molecule has 0 saturated carbocycles. The molecule has 3 N–H and O–H groups in total. The van der Waals surface area contributed by atoms with Crippen molar-refractivity contribution in [1.29, 1.82) is 0 Å². The van der Waals surface area contributed by atoms with Crippen LogP contribution in [0.25, 0.3) is 0 Å². The number of nitrogens with zero attached hydrogens (tertiary/aromatic N) is 3. The van der Waals surface area contributed by atoms with Gasteiger partial charge < -0.3 is 15.8 Å². The number of ether oxygens (including phenoxy) is 1. The fourth-order valence-electron chi connectivity index (χ4n) is 2.43. The van der Waals surface area contributed by atoms with E-state index in [0.717, 1.165) is 5.69 Å². The summed E-state index contributed by atoms with van der Waals surface area (Å²) < 4.78 is 6.22. The minimum absolute atomic E-state index is 0.0980. The van der Waals surface area contributed by atoms with Crippen molar-refractivity contribution in [2.75, 3.05) is 11.9 Å². The number of carbonyl (C=O) groups excluding carboxylic acids is 1. The largest absolute Gasteiger partial charge is 0.492 e. The molecular formula is C18H17N5O4S2. The number of nitro groups is 1. The van der Waals surface area contributed by atoms with Gasteiger partial charge in [0.25, 0.3) is 5.69 Å². The van der Waals surface area contributed by atoms with E-state index >= 15 is 0 Å². The van der Waals surface area contributed by atoms with Gasteiger partial charge in [-0.2, -0.15) is 0 Å². The van der Waals surface area contributed by atoms with E-state index in [1.165, 1.54) is 41.3 Å². The number of nitro benzene ring substituents is 1. The lowest BCUT2D eigenvalue weighted by Gasteiger charge is -2.09. The number of rotatable bonds is 9. The van der Waals surface area contributed by atoms with Crippen molar-refractivity contribution in [3.8, 4) is 5.75 Å². The Morgan fingerprint density at radius 3 is 2.83 bits per heavy atom. The Balaban J connectivity index is 1.70. The lowest BCUT2D eigenvalue weighted by molar-refractivity contribution is -0.385. The molecule has 1 amide bonds. The summed E-state index contributed by atoms with van der Waals surface area (Å²) in [5.41, 5.74) is 6.39. The summed E-state index contributed by atoms with van der Waals surface area (Å²) in [6.45, 7) is 2.45. The van der Waals surface area contributed by atoms with Crippen molar-refractivity contribution >= 4 is 45.5 Å². The van der Waals surface area contributed by atoms with Crippen LogP contribution in [0.5, 0.6) is 5.75 Å². The average molecular weight is 431 g/mol. The first kappa shape index (κ1) is 20.6. The van der Waals surface area contributed by atoms with Gasteiger partial charge in [0.1, 0.15) is 5.75 Å². The molecule has 0 unspecified atom stereocenters. The van der Waals surface area contributed by atoms with Gasteiger partial charge in [0.2, 0.25) is 11.0 Å². The van der Waals surface area contributed by atoms with Crippen LogP contribution in [0, 0.1) is 10.1 Å². The number of thioether (sulfide) groups is 1. The molecule has 0 aliphatic heterocycles. The zero-order valence-electron chi connectivity index (χ0n) is 15.3. The lowest BCUT2D eigenvalue weighted by Crippen LogP contribution is -2.11. The second-order valence-electron chi connectivity index (χ2n) is 5.68. The molecule has 29 heavy (non-hydrogen) atoms. The van der Waals surface area contributed by atoms with Crippen LogP contribution in [-0.4, -0.2) is 27.6 Å². The third-order valence-corrected chi connectivity index (χ3v) is 5.77. The summed E-state index contributed by atoms with van der Waals surface area (Å²) >= 11 is 2.64. The van der Waals surface area contributed by atoms with Gasteiger partial charge in [-0.15, -0.1) is 10.2 Å². The van der Waals surface area contributed by atoms with Gasteiger partial charge in [-0.1, -0.05) is 41.3 Å². The van der Waals surface area contributed by atoms with E-state index in [9.17, 15) is 14.9 Å². The van der Waals surface area contributed by atoms with Gasteiger partial charge in [-0.25, -0.2) is 0 Å². The number of benzene rings is 2. The standard InChI is InChI=1S/C18H17N5O4S2/c1-2-27-15-6-4-3-5-13(15)20-17-21-22-18(29-17)28-10-12-8-7-11(16(19)24)9-14(12)23(25)26/h3-9H,2,10H2,1H3,(H2,19,24)(H,20,21). The molecule has 0 radical (unpaired) electrons. The highest BCUT2D eigenvalue weighted by atomic mass is 32.2. The number of aromatic nitrogens is 2. The molecule has 1 heterocycles. The van der Waals surface area contributed by atoms with Crippen LogP contribution >= 0.6 is 23.1 Å². The molecule has 150 valence electrons. The zero-order chi connectivity index (χ0) is 20.8. The summed E-state index contributed by atoms with van der Waals surface area (Å²) in [4.78, 5) is 22.0. The van der Waals surface area contributed by atoms with E-state index in [0.29, 0.717) is 33.1 Å². The highest BCUT2D eigenvalue weighted by molar-refractivity contribution is 8.00. The number of hydrogen-bond donors (Lipinski definition) is 2. The van der Waals surface area contributed by atoms with Crippen LogP contribution in [0.4, 0.5) is 16.5 Å². The average Bonchev–Trinajstić information content (AvgIpc) is 3.15. The Bertz CT molecular complexity index is 1040. The molecule has 3 aromatic rings. The Hall–Kier alpha value is -3.18. The molecule has 0 spiro atoms. The first-order valence-corrected chi connectivity index (χ1v) is 10.3. The molecule has 9 nitrogen and oxygen atoms in total. The van der Waals surface area contributed by atoms with E-state index in [-0.39, 0.29) is 11.3 Å². The van der Waals surface area contributed by atoms with Gasteiger partial charge >= 0.3 is 0 Å². The zero-order valence-corrected chi connectivity index (χ0v) is 17.0. The first-order chi connectivity index (χ1) is 14.0. The van der Waals surface area contributed by atoms with Crippen LogP contribution in [0.2, 0.25) is 0 Å². The molecular weight excluding hydrogens is 414 g/mol. The minimum atomic E-state index is -0.709. The number of anilines is 2. The fourth-order valence-corrected chi connectivity index (χ4v) is 4.19. The normalized spacial score (nSPS) is 10.5. The molecule has 0 aliphatic carbocycles. The summed E-state index contributed by atoms with van der Waals surface area (Å²) in [6, 6.07) is 11.7. The van der Waals surface area contributed by atoms with Crippen molar-refractivity contribution in [3.05, 3.63) is 63.7 Å². The number of carbonyl (C=O) groups is 1. The maximum absolute atomic E-state index is 11.3. The molecule has 1 aromatic heterocycles. The molecule has 0 aliphatic rings. The third-order valence-electron chi connectivity index (χ3n) is 3.75. The van der Waals surface area contributed by atoms with Gasteiger partial charge in [0.05, 0.1) is 17.2 Å². The number of primary amides is 1. The molecule has 0 atom stereocenters. The van der Waals surface area contributed by atoms with Crippen molar-refractivity contribution < 1.29 is 14.5 Å². The van der Waals surface area contributed by atoms with Crippen LogP contribution in [0.1, 0.15) is 22.8 Å². The number of hydrogen-bond acceptors (Lipinski definition) is 9. The van der Waals surface area contributed by atoms with Crippen LogP contribution < -0.4 is 15.8 Å². The van der Waals surface area contributed by atoms with E-state index in [4.69, 9.17) is 10.5 Å². The minimum Gasteiger partial charge on any atom is -0.492 e. The number of amides is 1. The molecule has 3 rings (SSSR count). The third kappa shape index (κ3) is 5.21. The predicted molar refractivity (Wildman–Crippen MR) is 112 cm³/mol. The SMILES string of the molecule is CCOc1ccccc1Nc1nnc(SCc2ccc(C(N)=O)cc2[N+](=O)[O-])s1. The fraction of sp³-hybridized carbons (Fsp3) is 0.167. The highest BCUT2D eigenvalue weighted by Gasteiger charge is 2.17. The summed E-state index contributed by atoms with van der Waals surface area (Å²) in [5.74, 6) is 0.309. The maximum Gasteiger partial charge on any atom is 0.274 e. The van der Waals surface area contributed by atoms with Crippen molar-refractivity contribution in [3.63, 3.8) is 0 Å². The Morgan fingerprint density at radius 2 is 2.10 bits per heavy atom. The second kappa shape index (κ2) is 9.34. The molecule has 0 bridgehead atoms. The van der Waals surface area contributed by atoms with Gasteiger partial charge in [-0.05, 0) is 25.1 Å². The van der Waals surface area contributed by atoms with E-state index in [1.54, 1.807) is 0 Å². The maximum atomic E-state index is 11.3. The van der Waals surface area contributed by atoms with Crippen molar-refractivity contribution in [2.24, 2.45) is 5.73 Å². The Kier molecular flexibility index (Phi) is 6.62. The van der Waals surface area contributed by atoms with E-state index in [2.05, 4.69) is 15.5 Å². The number of nitrogens with one attached hydrogen (secondary N) is 1. The lowest BCUT2D eigenvalue weighted by atomic mass is 10.1. The Morgan fingerprint density at radius 1 is 1.31 bits per heavy atom. The monoisotopic (exact) mass is 431 g/mol. The number of nitrogens with two attached hydrogens (primary N) is 1.